The molecule has 3 aliphatic rings. The number of likely N-dealkylation sites (tertiary alicyclic amines) is 1. The molecular weight excluding hydrogens is 432 g/mol. The molecule has 1 amide bonds. The molecule has 1 N–H and O–H groups in total. The van der Waals surface area contributed by atoms with E-state index in [1.807, 2.05) is 50.2 Å². The van der Waals surface area contributed by atoms with Crippen LogP contribution in [-0.4, -0.2) is 72.1 Å². The lowest BCUT2D eigenvalue weighted by Gasteiger charge is -2.31. The van der Waals surface area contributed by atoms with E-state index in [2.05, 4.69) is 4.90 Å². The van der Waals surface area contributed by atoms with Crippen molar-refractivity contribution in [2.24, 2.45) is 0 Å². The first kappa shape index (κ1) is 22.6. The summed E-state index contributed by atoms with van der Waals surface area (Å²) < 4.78 is 11.2. The molecule has 34 heavy (non-hydrogen) atoms. The zero-order chi connectivity index (χ0) is 23.8. The maximum atomic E-state index is 13.3. The Hall–Kier alpha value is -3.16. The highest BCUT2D eigenvalue weighted by atomic mass is 16.5. The van der Waals surface area contributed by atoms with Crippen LogP contribution < -0.4 is 4.74 Å². The van der Waals surface area contributed by atoms with E-state index in [4.69, 9.17) is 9.47 Å². The maximum absolute atomic E-state index is 13.3. The van der Waals surface area contributed by atoms with Crippen LogP contribution in [0.15, 0.2) is 48.0 Å². The van der Waals surface area contributed by atoms with Crippen LogP contribution in [0, 0.1) is 6.92 Å². The molecule has 3 heterocycles. The van der Waals surface area contributed by atoms with E-state index in [1.54, 1.807) is 11.0 Å². The van der Waals surface area contributed by atoms with Gasteiger partial charge in [0.1, 0.15) is 17.6 Å². The molecule has 178 valence electrons. The Morgan fingerprint density at radius 2 is 1.79 bits per heavy atom. The average Bonchev–Trinajstić information content (AvgIpc) is 3.34. The number of aryl methyl sites for hydroxylation is 1. The minimum atomic E-state index is -0.643. The van der Waals surface area contributed by atoms with E-state index >= 15 is 0 Å². The van der Waals surface area contributed by atoms with Gasteiger partial charge in [0.05, 0.1) is 24.8 Å². The summed E-state index contributed by atoms with van der Waals surface area (Å²) in [5.41, 5.74) is 3.56. The quantitative estimate of drug-likeness (QED) is 0.418. The molecule has 0 radical (unpaired) electrons. The van der Waals surface area contributed by atoms with Crippen molar-refractivity contribution in [3.63, 3.8) is 0 Å². The number of amides is 1. The minimum absolute atomic E-state index is 0.0747. The molecule has 2 saturated heterocycles. The Morgan fingerprint density at radius 3 is 2.53 bits per heavy atom. The molecule has 2 fully saturated rings. The van der Waals surface area contributed by atoms with E-state index in [-0.39, 0.29) is 17.4 Å². The molecular formula is C27H30N2O5. The normalized spacial score (nSPS) is 24.4. The van der Waals surface area contributed by atoms with Gasteiger partial charge in [-0.05, 0) is 43.2 Å². The van der Waals surface area contributed by atoms with E-state index in [0.29, 0.717) is 31.9 Å². The van der Waals surface area contributed by atoms with E-state index < -0.39 is 17.7 Å². The molecule has 2 unspecified atom stereocenters. The summed E-state index contributed by atoms with van der Waals surface area (Å²) in [6, 6.07) is 12.6. The molecule has 0 bridgehead atoms. The lowest BCUT2D eigenvalue weighted by molar-refractivity contribution is -0.140. The Labute approximate surface area is 199 Å². The second-order valence-corrected chi connectivity index (χ2v) is 9.31. The lowest BCUT2D eigenvalue weighted by atomic mass is 9.94. The molecule has 5 rings (SSSR count). The number of rotatable bonds is 5. The Balaban J connectivity index is 1.53. The van der Waals surface area contributed by atoms with Gasteiger partial charge in [-0.15, -0.1) is 0 Å². The molecule has 3 aliphatic heterocycles. The monoisotopic (exact) mass is 462 g/mol. The molecule has 2 atom stereocenters. The van der Waals surface area contributed by atoms with Gasteiger partial charge >= 0.3 is 0 Å². The number of aliphatic hydroxyl groups excluding tert-OH is 1. The number of hydrogen-bond donors (Lipinski definition) is 1. The van der Waals surface area contributed by atoms with E-state index in [9.17, 15) is 14.7 Å². The number of carbonyl (C=O) groups is 2. The number of morpholine rings is 1. The highest BCUT2D eigenvalue weighted by molar-refractivity contribution is 6.46. The van der Waals surface area contributed by atoms with Gasteiger partial charge in [-0.1, -0.05) is 29.8 Å². The first-order chi connectivity index (χ1) is 16.4. The molecule has 0 saturated carbocycles. The number of benzene rings is 2. The number of carbonyl (C=O) groups excluding carboxylic acids is 2. The second kappa shape index (κ2) is 9.24. The van der Waals surface area contributed by atoms with Crippen molar-refractivity contribution in [1.82, 2.24) is 9.80 Å². The van der Waals surface area contributed by atoms with Crippen LogP contribution in [0.25, 0.3) is 5.76 Å². The van der Waals surface area contributed by atoms with Crippen molar-refractivity contribution in [3.8, 4) is 5.75 Å². The molecule has 0 aromatic heterocycles. The maximum Gasteiger partial charge on any atom is 0.295 e. The number of hydrogen-bond acceptors (Lipinski definition) is 6. The smallest absolute Gasteiger partial charge is 0.295 e. The van der Waals surface area contributed by atoms with Gasteiger partial charge in [-0.25, -0.2) is 0 Å². The summed E-state index contributed by atoms with van der Waals surface area (Å²) in [6.45, 7) is 7.97. The number of nitrogens with zero attached hydrogens (tertiary/aromatic N) is 2. The van der Waals surface area contributed by atoms with Gasteiger partial charge in [0.25, 0.3) is 11.7 Å². The van der Waals surface area contributed by atoms with Crippen molar-refractivity contribution < 1.29 is 24.2 Å². The number of ketones is 1. The summed E-state index contributed by atoms with van der Waals surface area (Å²) >= 11 is 0. The lowest BCUT2D eigenvalue weighted by Crippen LogP contribution is -2.42. The fourth-order valence-corrected chi connectivity index (χ4v) is 5.00. The predicted octanol–water partition coefficient (Wildman–Crippen LogP) is 3.07. The molecule has 7 heteroatoms. The van der Waals surface area contributed by atoms with Gasteiger partial charge < -0.3 is 19.5 Å². The molecule has 0 aliphatic carbocycles. The van der Waals surface area contributed by atoms with Gasteiger partial charge in [-0.3, -0.25) is 14.5 Å². The minimum Gasteiger partial charge on any atom is -0.507 e. The second-order valence-electron chi connectivity index (χ2n) is 9.31. The van der Waals surface area contributed by atoms with E-state index in [1.165, 1.54) is 0 Å². The fourth-order valence-electron chi connectivity index (χ4n) is 5.00. The molecule has 2 aromatic rings. The van der Waals surface area contributed by atoms with Crippen molar-refractivity contribution >= 4 is 17.4 Å². The van der Waals surface area contributed by atoms with E-state index in [0.717, 1.165) is 42.0 Å². The van der Waals surface area contributed by atoms with Crippen LogP contribution in [0.3, 0.4) is 0 Å². The highest BCUT2D eigenvalue weighted by Crippen LogP contribution is 2.40. The summed E-state index contributed by atoms with van der Waals surface area (Å²) in [5, 5.41) is 11.3. The van der Waals surface area contributed by atoms with Crippen LogP contribution >= 0.6 is 0 Å². The van der Waals surface area contributed by atoms with Gasteiger partial charge in [0, 0.05) is 38.2 Å². The molecule has 2 aromatic carbocycles. The Bertz CT molecular complexity index is 1130. The zero-order valence-electron chi connectivity index (χ0n) is 19.6. The van der Waals surface area contributed by atoms with Gasteiger partial charge in [-0.2, -0.15) is 0 Å². The predicted molar refractivity (Wildman–Crippen MR) is 128 cm³/mol. The summed E-state index contributed by atoms with van der Waals surface area (Å²) in [5.74, 6) is -0.557. The summed E-state index contributed by atoms with van der Waals surface area (Å²) in [7, 11) is 0. The Morgan fingerprint density at radius 1 is 1.06 bits per heavy atom. The average molecular weight is 463 g/mol. The number of Topliss-reactive ketones (excluding diaryl/α,β-unsaturated/α-hetero) is 1. The van der Waals surface area contributed by atoms with Crippen LogP contribution in [0.5, 0.6) is 5.75 Å². The highest BCUT2D eigenvalue weighted by Gasteiger charge is 2.46. The topological polar surface area (TPSA) is 79.3 Å². The van der Waals surface area contributed by atoms with Crippen LogP contribution in [0.2, 0.25) is 0 Å². The molecule has 0 spiro atoms. The van der Waals surface area contributed by atoms with Crippen LogP contribution in [0.1, 0.15) is 35.2 Å². The summed E-state index contributed by atoms with van der Waals surface area (Å²) in [4.78, 5) is 30.3. The SMILES string of the molecule is Cc1ccc(C2C(=C(O)c3ccc4c(c3)CC(C)O4)C(=O)C(=O)N2CCN2CCOCC2)cc1. The third kappa shape index (κ3) is 4.21. The van der Waals surface area contributed by atoms with Crippen molar-refractivity contribution in [3.05, 3.63) is 70.3 Å². The largest absolute Gasteiger partial charge is 0.507 e. The third-order valence-electron chi connectivity index (χ3n) is 6.86. The Kier molecular flexibility index (Phi) is 6.15. The van der Waals surface area contributed by atoms with Crippen LogP contribution in [-0.2, 0) is 20.7 Å². The number of fused-ring (bicyclic) bond motifs is 1. The standard InChI is InChI=1S/C27H30N2O5/c1-17-3-5-19(6-4-17)24-23(25(30)20-7-8-22-21(16-20)15-18(2)34-22)26(31)27(32)29(24)10-9-28-11-13-33-14-12-28/h3-8,16,18,24,30H,9-15H2,1-2H3. The molecule has 7 nitrogen and oxygen atoms in total. The fraction of sp³-hybridized carbons (Fsp3) is 0.407. The first-order valence-electron chi connectivity index (χ1n) is 11.9. The number of aliphatic hydroxyl groups is 1. The van der Waals surface area contributed by atoms with Crippen molar-refractivity contribution in [2.45, 2.75) is 32.4 Å². The zero-order valence-corrected chi connectivity index (χ0v) is 19.6. The summed E-state index contributed by atoms with van der Waals surface area (Å²) in [6.07, 6.45) is 0.817. The third-order valence-corrected chi connectivity index (χ3v) is 6.86. The van der Waals surface area contributed by atoms with Crippen molar-refractivity contribution in [2.75, 3.05) is 39.4 Å². The van der Waals surface area contributed by atoms with Gasteiger partial charge in [0.2, 0.25) is 0 Å². The van der Waals surface area contributed by atoms with Gasteiger partial charge in [0.15, 0.2) is 0 Å². The number of ether oxygens (including phenoxy) is 2. The van der Waals surface area contributed by atoms with Crippen molar-refractivity contribution in [1.29, 1.82) is 0 Å². The van der Waals surface area contributed by atoms with Crippen LogP contribution in [0.4, 0.5) is 0 Å². The first-order valence-corrected chi connectivity index (χ1v) is 11.9.